The molecule has 0 bridgehead atoms. The summed E-state index contributed by atoms with van der Waals surface area (Å²) in [4.78, 5) is 10.5. The highest BCUT2D eigenvalue weighted by Gasteiger charge is 2.14. The molecule has 94 valence electrons. The summed E-state index contributed by atoms with van der Waals surface area (Å²) in [5.41, 5.74) is 2.00. The van der Waals surface area contributed by atoms with Crippen LogP contribution in [0.25, 0.3) is 0 Å². The molecule has 4 heteroatoms. The zero-order valence-corrected chi connectivity index (χ0v) is 10.9. The number of hydrogen-bond acceptors (Lipinski definition) is 3. The highest BCUT2D eigenvalue weighted by Crippen LogP contribution is 2.26. The Kier molecular flexibility index (Phi) is 4.10. The predicted molar refractivity (Wildman–Crippen MR) is 70.4 cm³/mol. The van der Waals surface area contributed by atoms with Crippen molar-refractivity contribution in [3.05, 3.63) is 33.9 Å². The van der Waals surface area contributed by atoms with Gasteiger partial charge in [0.15, 0.2) is 0 Å². The van der Waals surface area contributed by atoms with Crippen molar-refractivity contribution in [1.29, 1.82) is 0 Å². The van der Waals surface area contributed by atoms with Crippen molar-refractivity contribution in [2.24, 2.45) is 5.41 Å². The summed E-state index contributed by atoms with van der Waals surface area (Å²) in [7, 11) is 0. The summed E-state index contributed by atoms with van der Waals surface area (Å²) in [5.74, 6) is 0. The molecule has 1 rings (SSSR count). The molecule has 1 aromatic carbocycles. The van der Waals surface area contributed by atoms with Gasteiger partial charge in [0.1, 0.15) is 5.69 Å². The number of aryl methyl sites for hydroxylation is 1. The minimum absolute atomic E-state index is 0.143. The molecular weight excluding hydrogens is 216 g/mol. The Morgan fingerprint density at radius 3 is 2.53 bits per heavy atom. The number of rotatable bonds is 4. The highest BCUT2D eigenvalue weighted by atomic mass is 16.6. The third-order valence-corrected chi connectivity index (χ3v) is 2.54. The van der Waals surface area contributed by atoms with Crippen LogP contribution in [0.2, 0.25) is 0 Å². The van der Waals surface area contributed by atoms with E-state index in [2.05, 4.69) is 26.1 Å². The van der Waals surface area contributed by atoms with Crippen LogP contribution in [0.4, 0.5) is 11.4 Å². The van der Waals surface area contributed by atoms with E-state index in [0.29, 0.717) is 5.69 Å². The first-order valence-corrected chi connectivity index (χ1v) is 5.78. The fraction of sp³-hybridized carbons (Fsp3) is 0.538. The van der Waals surface area contributed by atoms with Gasteiger partial charge in [-0.1, -0.05) is 26.8 Å². The van der Waals surface area contributed by atoms with Crippen molar-refractivity contribution < 1.29 is 4.92 Å². The monoisotopic (exact) mass is 236 g/mol. The second kappa shape index (κ2) is 5.17. The van der Waals surface area contributed by atoms with Gasteiger partial charge in [-0.2, -0.15) is 0 Å². The summed E-state index contributed by atoms with van der Waals surface area (Å²) in [5, 5.41) is 14.0. The van der Waals surface area contributed by atoms with Crippen LogP contribution in [-0.2, 0) is 0 Å². The van der Waals surface area contributed by atoms with Crippen molar-refractivity contribution in [1.82, 2.24) is 0 Å². The largest absolute Gasteiger partial charge is 0.379 e. The molecule has 0 heterocycles. The van der Waals surface area contributed by atoms with Gasteiger partial charge in [0.2, 0.25) is 0 Å². The lowest BCUT2D eigenvalue weighted by Gasteiger charge is -2.18. The van der Waals surface area contributed by atoms with Crippen molar-refractivity contribution in [2.45, 2.75) is 34.1 Å². The van der Waals surface area contributed by atoms with E-state index in [9.17, 15) is 10.1 Å². The molecule has 0 saturated carbocycles. The Labute approximate surface area is 102 Å². The molecule has 17 heavy (non-hydrogen) atoms. The molecule has 0 aliphatic rings. The number of benzene rings is 1. The first kappa shape index (κ1) is 13.5. The molecule has 0 spiro atoms. The lowest BCUT2D eigenvalue weighted by molar-refractivity contribution is -0.384. The number of nitrogens with one attached hydrogen (secondary N) is 1. The Morgan fingerprint density at radius 2 is 2.00 bits per heavy atom. The first-order valence-electron chi connectivity index (χ1n) is 5.78. The molecule has 0 aliphatic carbocycles. The van der Waals surface area contributed by atoms with E-state index in [1.165, 1.54) is 0 Å². The summed E-state index contributed by atoms with van der Waals surface area (Å²) in [6.45, 7) is 9.13. The van der Waals surface area contributed by atoms with Crippen LogP contribution >= 0.6 is 0 Å². The first-order chi connectivity index (χ1) is 7.79. The van der Waals surface area contributed by atoms with Gasteiger partial charge >= 0.3 is 0 Å². The quantitative estimate of drug-likeness (QED) is 0.639. The van der Waals surface area contributed by atoms with Crippen LogP contribution in [0.3, 0.4) is 0 Å². The smallest absolute Gasteiger partial charge is 0.292 e. The van der Waals surface area contributed by atoms with Gasteiger partial charge in [0, 0.05) is 12.6 Å². The zero-order chi connectivity index (χ0) is 13.1. The third kappa shape index (κ3) is 4.43. The molecule has 0 radical (unpaired) electrons. The number of nitrogens with zero attached hydrogens (tertiary/aromatic N) is 1. The highest BCUT2D eigenvalue weighted by molar-refractivity contribution is 5.62. The van der Waals surface area contributed by atoms with Crippen molar-refractivity contribution in [2.75, 3.05) is 11.9 Å². The third-order valence-electron chi connectivity index (χ3n) is 2.54. The normalized spacial score (nSPS) is 11.3. The molecule has 0 unspecified atom stereocenters. The van der Waals surface area contributed by atoms with Gasteiger partial charge < -0.3 is 5.32 Å². The summed E-state index contributed by atoms with van der Waals surface area (Å²) >= 11 is 0. The molecule has 0 saturated heterocycles. The lowest BCUT2D eigenvalue weighted by atomic mass is 9.92. The summed E-state index contributed by atoms with van der Waals surface area (Å²) < 4.78 is 0. The molecule has 0 fully saturated rings. The predicted octanol–water partition coefficient (Wildman–Crippen LogP) is 3.75. The average Bonchev–Trinajstić information content (AvgIpc) is 2.15. The van der Waals surface area contributed by atoms with E-state index in [4.69, 9.17) is 0 Å². The van der Waals surface area contributed by atoms with E-state index < -0.39 is 0 Å². The fourth-order valence-electron chi connectivity index (χ4n) is 1.52. The van der Waals surface area contributed by atoms with E-state index in [1.807, 2.05) is 13.0 Å². The van der Waals surface area contributed by atoms with Gasteiger partial charge in [0.25, 0.3) is 5.69 Å². The van der Waals surface area contributed by atoms with Crippen LogP contribution in [0, 0.1) is 22.5 Å². The minimum Gasteiger partial charge on any atom is -0.379 e. The van der Waals surface area contributed by atoms with E-state index >= 15 is 0 Å². The van der Waals surface area contributed by atoms with E-state index in [-0.39, 0.29) is 16.0 Å². The maximum absolute atomic E-state index is 10.9. The molecule has 0 atom stereocenters. The van der Waals surface area contributed by atoms with E-state index in [0.717, 1.165) is 18.5 Å². The summed E-state index contributed by atoms with van der Waals surface area (Å²) in [6.07, 6.45) is 0.970. The topological polar surface area (TPSA) is 55.2 Å². The summed E-state index contributed by atoms with van der Waals surface area (Å²) in [6, 6.07) is 5.13. The Hall–Kier alpha value is -1.58. The minimum atomic E-state index is -0.348. The van der Waals surface area contributed by atoms with Crippen LogP contribution in [0.15, 0.2) is 18.2 Å². The zero-order valence-electron chi connectivity index (χ0n) is 10.9. The van der Waals surface area contributed by atoms with Gasteiger partial charge in [-0.15, -0.1) is 0 Å². The molecule has 1 N–H and O–H groups in total. The van der Waals surface area contributed by atoms with Gasteiger partial charge in [-0.05, 0) is 30.4 Å². The van der Waals surface area contributed by atoms with Crippen molar-refractivity contribution >= 4 is 11.4 Å². The van der Waals surface area contributed by atoms with Crippen LogP contribution in [0.5, 0.6) is 0 Å². The number of hydrogen-bond donors (Lipinski definition) is 1. The second-order valence-corrected chi connectivity index (χ2v) is 5.52. The van der Waals surface area contributed by atoms with Crippen molar-refractivity contribution in [3.8, 4) is 0 Å². The fourth-order valence-corrected chi connectivity index (χ4v) is 1.52. The molecule has 0 amide bonds. The van der Waals surface area contributed by atoms with Crippen LogP contribution in [-0.4, -0.2) is 11.5 Å². The molecule has 0 aromatic heterocycles. The lowest BCUT2D eigenvalue weighted by Crippen LogP contribution is -2.13. The number of nitro groups is 1. The number of anilines is 1. The maximum atomic E-state index is 10.9. The molecule has 4 nitrogen and oxygen atoms in total. The Balaban J connectivity index is 2.75. The van der Waals surface area contributed by atoms with Gasteiger partial charge in [0.05, 0.1) is 4.92 Å². The van der Waals surface area contributed by atoms with Gasteiger partial charge in [-0.25, -0.2) is 0 Å². The van der Waals surface area contributed by atoms with Crippen LogP contribution < -0.4 is 5.32 Å². The Morgan fingerprint density at radius 1 is 1.35 bits per heavy atom. The average molecular weight is 236 g/mol. The van der Waals surface area contributed by atoms with Gasteiger partial charge in [-0.3, -0.25) is 10.1 Å². The molecule has 0 aliphatic heterocycles. The van der Waals surface area contributed by atoms with Crippen molar-refractivity contribution in [3.63, 3.8) is 0 Å². The maximum Gasteiger partial charge on any atom is 0.292 e. The molecule has 1 aromatic rings. The van der Waals surface area contributed by atoms with E-state index in [1.54, 1.807) is 12.1 Å². The number of nitro benzene ring substituents is 1. The molecular formula is C13H20N2O2. The van der Waals surface area contributed by atoms with Crippen LogP contribution in [0.1, 0.15) is 32.8 Å². The SMILES string of the molecule is Cc1ccc([N+](=O)[O-])c(NCCC(C)(C)C)c1. The standard InChI is InChI=1S/C13H20N2O2/c1-10-5-6-12(15(16)17)11(9-10)14-8-7-13(2,3)4/h5-6,9,14H,7-8H2,1-4H3. The second-order valence-electron chi connectivity index (χ2n) is 5.52. The Bertz CT molecular complexity index is 408.